The molecule has 1 heterocycles. The number of likely N-dealkylation sites (tertiary alicyclic amines) is 1. The first-order valence-electron chi connectivity index (χ1n) is 10.0. The number of nitrogens with zero attached hydrogens (tertiary/aromatic N) is 2. The lowest BCUT2D eigenvalue weighted by atomic mass is 10.0. The van der Waals surface area contributed by atoms with E-state index in [0.717, 1.165) is 31.3 Å². The molecule has 6 heteroatoms. The number of hydrogen-bond donors (Lipinski definition) is 3. The third-order valence-corrected chi connectivity index (χ3v) is 5.24. The average molecular weight is 487 g/mol. The standard InChI is InChI=1S/C21H37N5.HI/c1-16(2)20(24-18-9-7-6-8-10-18)15-23-21(22-5)25-19-11-13-26(14-12-19)17(3)4;/h6-10,16-17,19-20,24H,11-15H2,1-5H3,(H2,22,23,25);1H. The molecule has 1 aromatic carbocycles. The molecule has 1 aliphatic rings. The fourth-order valence-electron chi connectivity index (χ4n) is 3.36. The van der Waals surface area contributed by atoms with Gasteiger partial charge in [0.1, 0.15) is 0 Å². The minimum absolute atomic E-state index is 0. The predicted octanol–water partition coefficient (Wildman–Crippen LogP) is 3.78. The van der Waals surface area contributed by atoms with Crippen molar-refractivity contribution in [2.45, 2.75) is 58.7 Å². The van der Waals surface area contributed by atoms with Gasteiger partial charge in [-0.3, -0.25) is 4.99 Å². The summed E-state index contributed by atoms with van der Waals surface area (Å²) in [6.45, 7) is 12.2. The molecule has 0 spiro atoms. The SMILES string of the molecule is CN=C(NCC(Nc1ccccc1)C(C)C)NC1CCN(C(C)C)CC1.I. The van der Waals surface area contributed by atoms with E-state index in [1.807, 2.05) is 13.1 Å². The average Bonchev–Trinajstić information content (AvgIpc) is 2.64. The smallest absolute Gasteiger partial charge is 0.191 e. The van der Waals surface area contributed by atoms with E-state index in [9.17, 15) is 0 Å². The summed E-state index contributed by atoms with van der Waals surface area (Å²) in [4.78, 5) is 6.98. The summed E-state index contributed by atoms with van der Waals surface area (Å²) in [6, 6.07) is 11.9. The molecule has 0 aromatic heterocycles. The molecular formula is C21H38IN5. The van der Waals surface area contributed by atoms with Gasteiger partial charge in [0, 0.05) is 50.5 Å². The van der Waals surface area contributed by atoms with Gasteiger partial charge in [-0.25, -0.2) is 0 Å². The first kappa shape index (κ1) is 24.0. The molecule has 0 amide bonds. The number of guanidine groups is 1. The molecule has 1 saturated heterocycles. The van der Waals surface area contributed by atoms with Crippen LogP contribution >= 0.6 is 24.0 Å². The summed E-state index contributed by atoms with van der Waals surface area (Å²) in [5, 5.41) is 10.8. The summed E-state index contributed by atoms with van der Waals surface area (Å²) in [7, 11) is 1.85. The molecule has 1 atom stereocenters. The summed E-state index contributed by atoms with van der Waals surface area (Å²) in [5.74, 6) is 1.43. The van der Waals surface area contributed by atoms with Crippen molar-refractivity contribution in [1.82, 2.24) is 15.5 Å². The zero-order chi connectivity index (χ0) is 18.9. The Hall–Kier alpha value is -1.02. The van der Waals surface area contributed by atoms with Gasteiger partial charge in [-0.1, -0.05) is 32.0 Å². The molecule has 27 heavy (non-hydrogen) atoms. The van der Waals surface area contributed by atoms with Crippen molar-refractivity contribution in [1.29, 1.82) is 0 Å². The first-order chi connectivity index (χ1) is 12.5. The second-order valence-electron chi connectivity index (χ2n) is 7.86. The number of rotatable bonds is 7. The Bertz CT molecular complexity index is 539. The Kier molecular flexibility index (Phi) is 11.1. The number of benzene rings is 1. The topological polar surface area (TPSA) is 51.7 Å². The van der Waals surface area contributed by atoms with Gasteiger partial charge in [-0.15, -0.1) is 24.0 Å². The summed E-state index contributed by atoms with van der Waals surface area (Å²) in [5.41, 5.74) is 1.16. The minimum Gasteiger partial charge on any atom is -0.380 e. The Labute approximate surface area is 182 Å². The lowest BCUT2D eigenvalue weighted by molar-refractivity contribution is 0.167. The van der Waals surface area contributed by atoms with Crippen molar-refractivity contribution < 1.29 is 0 Å². The van der Waals surface area contributed by atoms with Crippen LogP contribution in [0.1, 0.15) is 40.5 Å². The first-order valence-corrected chi connectivity index (χ1v) is 10.0. The van der Waals surface area contributed by atoms with Crippen LogP contribution in [-0.4, -0.2) is 55.7 Å². The number of para-hydroxylation sites is 1. The maximum atomic E-state index is 4.43. The molecule has 154 valence electrons. The van der Waals surface area contributed by atoms with Gasteiger partial charge in [-0.2, -0.15) is 0 Å². The highest BCUT2D eigenvalue weighted by atomic mass is 127. The van der Waals surface area contributed by atoms with E-state index in [-0.39, 0.29) is 24.0 Å². The summed E-state index contributed by atoms with van der Waals surface area (Å²) >= 11 is 0. The number of nitrogens with one attached hydrogen (secondary N) is 3. The van der Waals surface area contributed by atoms with Gasteiger partial charge in [0.2, 0.25) is 0 Å². The predicted molar refractivity (Wildman–Crippen MR) is 128 cm³/mol. The lowest BCUT2D eigenvalue weighted by Crippen LogP contribution is -2.51. The lowest BCUT2D eigenvalue weighted by Gasteiger charge is -2.35. The zero-order valence-electron chi connectivity index (χ0n) is 17.5. The molecule has 1 unspecified atom stereocenters. The molecule has 2 rings (SSSR count). The quantitative estimate of drug-likeness (QED) is 0.311. The molecule has 0 radical (unpaired) electrons. The summed E-state index contributed by atoms with van der Waals surface area (Å²) < 4.78 is 0. The van der Waals surface area contributed by atoms with E-state index in [0.29, 0.717) is 24.0 Å². The highest BCUT2D eigenvalue weighted by molar-refractivity contribution is 14.0. The van der Waals surface area contributed by atoms with Crippen LogP contribution < -0.4 is 16.0 Å². The van der Waals surface area contributed by atoms with Crippen molar-refractivity contribution in [3.63, 3.8) is 0 Å². The van der Waals surface area contributed by atoms with Gasteiger partial charge in [-0.05, 0) is 44.7 Å². The van der Waals surface area contributed by atoms with Crippen molar-refractivity contribution in [2.75, 3.05) is 32.0 Å². The van der Waals surface area contributed by atoms with E-state index < -0.39 is 0 Å². The third kappa shape index (κ3) is 8.25. The van der Waals surface area contributed by atoms with Crippen molar-refractivity contribution >= 4 is 35.6 Å². The van der Waals surface area contributed by atoms with Crippen LogP contribution in [0.2, 0.25) is 0 Å². The van der Waals surface area contributed by atoms with Crippen LogP contribution in [0.4, 0.5) is 5.69 Å². The van der Waals surface area contributed by atoms with Crippen LogP contribution in [0, 0.1) is 5.92 Å². The van der Waals surface area contributed by atoms with E-state index in [4.69, 9.17) is 0 Å². The Morgan fingerprint density at radius 3 is 2.26 bits per heavy atom. The molecule has 0 aliphatic carbocycles. The van der Waals surface area contributed by atoms with Crippen LogP contribution in [0.15, 0.2) is 35.3 Å². The molecule has 5 nitrogen and oxygen atoms in total. The molecular weight excluding hydrogens is 449 g/mol. The maximum absolute atomic E-state index is 4.43. The Balaban J connectivity index is 0.00000364. The normalized spacial score (nSPS) is 17.5. The molecule has 0 saturated carbocycles. The Morgan fingerprint density at radius 1 is 1.11 bits per heavy atom. The van der Waals surface area contributed by atoms with E-state index in [2.05, 4.69) is 77.8 Å². The molecule has 0 bridgehead atoms. The minimum atomic E-state index is 0. The summed E-state index contributed by atoms with van der Waals surface area (Å²) in [6.07, 6.45) is 2.35. The van der Waals surface area contributed by atoms with E-state index in [1.165, 1.54) is 12.8 Å². The number of aliphatic imine (C=N–C) groups is 1. The van der Waals surface area contributed by atoms with E-state index >= 15 is 0 Å². The van der Waals surface area contributed by atoms with Gasteiger partial charge in [0.15, 0.2) is 5.96 Å². The molecule has 1 aromatic rings. The number of halogens is 1. The van der Waals surface area contributed by atoms with Crippen LogP contribution in [0.3, 0.4) is 0 Å². The van der Waals surface area contributed by atoms with Crippen LogP contribution in [0.5, 0.6) is 0 Å². The fourth-order valence-corrected chi connectivity index (χ4v) is 3.36. The van der Waals surface area contributed by atoms with Crippen LogP contribution in [-0.2, 0) is 0 Å². The van der Waals surface area contributed by atoms with Gasteiger partial charge in [0.25, 0.3) is 0 Å². The second-order valence-corrected chi connectivity index (χ2v) is 7.86. The monoisotopic (exact) mass is 487 g/mol. The highest BCUT2D eigenvalue weighted by Crippen LogP contribution is 2.13. The van der Waals surface area contributed by atoms with Crippen molar-refractivity contribution in [3.8, 4) is 0 Å². The largest absolute Gasteiger partial charge is 0.380 e. The van der Waals surface area contributed by atoms with Gasteiger partial charge in [0.05, 0.1) is 0 Å². The number of piperidine rings is 1. The maximum Gasteiger partial charge on any atom is 0.191 e. The van der Waals surface area contributed by atoms with Gasteiger partial charge >= 0.3 is 0 Å². The third-order valence-electron chi connectivity index (χ3n) is 5.24. The van der Waals surface area contributed by atoms with Crippen molar-refractivity contribution in [2.24, 2.45) is 10.9 Å². The fraction of sp³-hybridized carbons (Fsp3) is 0.667. The van der Waals surface area contributed by atoms with Crippen molar-refractivity contribution in [3.05, 3.63) is 30.3 Å². The molecule has 1 aliphatic heterocycles. The zero-order valence-corrected chi connectivity index (χ0v) is 19.9. The van der Waals surface area contributed by atoms with Crippen LogP contribution in [0.25, 0.3) is 0 Å². The highest BCUT2D eigenvalue weighted by Gasteiger charge is 2.22. The Morgan fingerprint density at radius 2 is 1.74 bits per heavy atom. The molecule has 1 fully saturated rings. The number of hydrogen-bond acceptors (Lipinski definition) is 3. The van der Waals surface area contributed by atoms with E-state index in [1.54, 1.807) is 0 Å². The second kappa shape index (κ2) is 12.4. The molecule has 3 N–H and O–H groups in total. The van der Waals surface area contributed by atoms with Gasteiger partial charge < -0.3 is 20.9 Å². The number of anilines is 1.